The predicted octanol–water partition coefficient (Wildman–Crippen LogP) is 7.99. The summed E-state index contributed by atoms with van der Waals surface area (Å²) in [6.07, 6.45) is 14.3. The number of rotatable bonds is 10. The van der Waals surface area contributed by atoms with Crippen LogP contribution in [0.5, 0.6) is 0 Å². The van der Waals surface area contributed by atoms with Crippen LogP contribution in [0, 0.1) is 0 Å². The third-order valence-corrected chi connectivity index (χ3v) is 7.00. The van der Waals surface area contributed by atoms with Crippen molar-refractivity contribution in [2.75, 3.05) is 18.0 Å². The molecule has 0 unspecified atom stereocenters. The van der Waals surface area contributed by atoms with Crippen molar-refractivity contribution in [3.05, 3.63) is 88.3 Å². The second kappa shape index (κ2) is 15.8. The van der Waals surface area contributed by atoms with Gasteiger partial charge in [0, 0.05) is 30.9 Å². The monoisotopic (exact) mass is 535 g/mol. The fraction of sp³-hybridized carbons (Fsp3) is 0.469. The minimum atomic E-state index is -0.261. The number of aromatic amines is 1. The smallest absolute Gasteiger partial charge is 0.326 e. The topological polar surface area (TPSA) is 66.8 Å². The number of hydrogen-bond donors (Lipinski definition) is 1. The van der Waals surface area contributed by atoms with E-state index in [1.54, 1.807) is 6.33 Å². The largest absolute Gasteiger partial charge is 0.356 e. The molecule has 1 fully saturated rings. The molecule has 2 aromatic rings. The van der Waals surface area contributed by atoms with Crippen LogP contribution in [0.2, 0.25) is 0 Å². The first-order valence-electron chi connectivity index (χ1n) is 14.0. The second-order valence-corrected chi connectivity index (χ2v) is 10.0. The van der Waals surface area contributed by atoms with Gasteiger partial charge in [-0.05, 0) is 82.2 Å². The third kappa shape index (κ3) is 9.05. The molecule has 1 saturated heterocycles. The van der Waals surface area contributed by atoms with E-state index < -0.39 is 0 Å². The Morgan fingerprint density at radius 1 is 1.18 bits per heavy atom. The maximum absolute atomic E-state index is 12.7. The van der Waals surface area contributed by atoms with Crippen LogP contribution in [0.4, 0.5) is 10.2 Å². The van der Waals surface area contributed by atoms with Crippen LogP contribution < -0.4 is 10.6 Å². The number of aromatic nitrogens is 4. The first-order chi connectivity index (χ1) is 18.7. The van der Waals surface area contributed by atoms with Crippen LogP contribution >= 0.6 is 0 Å². The molecule has 0 aromatic carbocycles. The Kier molecular flexibility index (Phi) is 12.9. The van der Waals surface area contributed by atoms with Gasteiger partial charge in [-0.3, -0.25) is 4.57 Å². The number of H-pyrrole nitrogens is 1. The number of hydrogen-bond acceptors (Lipinski definition) is 4. The normalized spacial score (nSPS) is 15.2. The molecule has 0 atom stereocenters. The average Bonchev–Trinajstić information content (AvgIpc) is 3.27. The Balaban J connectivity index is 0.000000377. The molecule has 212 valence electrons. The van der Waals surface area contributed by atoms with E-state index in [2.05, 4.69) is 65.9 Å². The standard InChI is InChI=1S/C21H29N5O.C11H17F/c1-5-7-8-19-17(6-2)24-21(27)26(19)16-9-11-25(12-10-16)20-13-18(15(3)4)22-14-23-20;1-5-7-9(3)10(4)8-11(12)6-2/h7-8,13-14,16H,3,5-6,9-12H2,1-2,4H3,(H,24,27);6,8H,2,5,7H2,1,3-4H3/b8-7-;10-9+,11-8+. The summed E-state index contributed by atoms with van der Waals surface area (Å²) in [5, 5.41) is 0. The maximum Gasteiger partial charge on any atom is 0.326 e. The molecule has 1 aliphatic rings. The lowest BCUT2D eigenvalue weighted by atomic mass is 10.0. The number of aryl methyl sites for hydroxylation is 1. The van der Waals surface area contributed by atoms with Crippen molar-refractivity contribution in [1.29, 1.82) is 0 Å². The van der Waals surface area contributed by atoms with Crippen molar-refractivity contribution in [2.24, 2.45) is 0 Å². The van der Waals surface area contributed by atoms with E-state index in [0.717, 1.165) is 85.7 Å². The number of piperidine rings is 1. The van der Waals surface area contributed by atoms with E-state index >= 15 is 0 Å². The molecule has 1 N–H and O–H groups in total. The van der Waals surface area contributed by atoms with Crippen molar-refractivity contribution >= 4 is 17.5 Å². The van der Waals surface area contributed by atoms with Crippen molar-refractivity contribution in [3.8, 4) is 0 Å². The Labute approximate surface area is 233 Å². The molecule has 6 nitrogen and oxygen atoms in total. The summed E-state index contributed by atoms with van der Waals surface area (Å²) in [6, 6.07) is 2.21. The summed E-state index contributed by atoms with van der Waals surface area (Å²) in [4.78, 5) is 26.6. The second-order valence-electron chi connectivity index (χ2n) is 10.0. The number of halogens is 1. The zero-order valence-corrected chi connectivity index (χ0v) is 24.7. The highest BCUT2D eigenvalue weighted by atomic mass is 19.1. The summed E-state index contributed by atoms with van der Waals surface area (Å²) < 4.78 is 14.7. The van der Waals surface area contributed by atoms with Gasteiger partial charge in [0.15, 0.2) is 0 Å². The molecule has 0 amide bonds. The van der Waals surface area contributed by atoms with Gasteiger partial charge in [-0.1, -0.05) is 52.0 Å². The van der Waals surface area contributed by atoms with Crippen molar-refractivity contribution in [3.63, 3.8) is 0 Å². The first-order valence-corrected chi connectivity index (χ1v) is 14.0. The van der Waals surface area contributed by atoms with E-state index in [4.69, 9.17) is 0 Å². The van der Waals surface area contributed by atoms with Crippen molar-refractivity contribution in [2.45, 2.75) is 86.1 Å². The Morgan fingerprint density at radius 3 is 2.44 bits per heavy atom. The summed E-state index contributed by atoms with van der Waals surface area (Å²) >= 11 is 0. The molecule has 7 heteroatoms. The Morgan fingerprint density at radius 2 is 1.87 bits per heavy atom. The summed E-state index contributed by atoms with van der Waals surface area (Å²) in [5.41, 5.74) is 6.13. The summed E-state index contributed by atoms with van der Waals surface area (Å²) in [7, 11) is 0. The van der Waals surface area contributed by atoms with Gasteiger partial charge in [0.1, 0.15) is 18.0 Å². The minimum absolute atomic E-state index is 0.00709. The molecule has 3 rings (SSSR count). The SMILES string of the molecule is C=C(C)c1cc(N2CCC(n3c(/C=C\CC)c(CC)[nH]c3=O)CC2)ncn1.C=C/C(F)=C\C(C)=C(/C)CCC. The van der Waals surface area contributed by atoms with Gasteiger partial charge in [0.2, 0.25) is 0 Å². The third-order valence-electron chi connectivity index (χ3n) is 7.00. The summed E-state index contributed by atoms with van der Waals surface area (Å²) in [5.74, 6) is 0.672. The zero-order valence-electron chi connectivity index (χ0n) is 24.7. The van der Waals surface area contributed by atoms with E-state index in [0.29, 0.717) is 0 Å². The molecule has 39 heavy (non-hydrogen) atoms. The minimum Gasteiger partial charge on any atom is -0.356 e. The lowest BCUT2D eigenvalue weighted by Crippen LogP contribution is -2.37. The van der Waals surface area contributed by atoms with Crippen LogP contribution in [0.15, 0.2) is 65.5 Å². The molecule has 3 heterocycles. The van der Waals surface area contributed by atoms with E-state index in [1.807, 2.05) is 31.4 Å². The molecular weight excluding hydrogens is 489 g/mol. The Hall–Kier alpha value is -3.48. The van der Waals surface area contributed by atoms with Gasteiger partial charge in [0.05, 0.1) is 11.4 Å². The van der Waals surface area contributed by atoms with Gasteiger partial charge in [-0.15, -0.1) is 0 Å². The Bertz CT molecular complexity index is 1260. The van der Waals surface area contributed by atoms with Crippen LogP contribution in [-0.2, 0) is 6.42 Å². The van der Waals surface area contributed by atoms with Crippen LogP contribution in [0.3, 0.4) is 0 Å². The van der Waals surface area contributed by atoms with Gasteiger partial charge in [-0.25, -0.2) is 19.2 Å². The summed E-state index contributed by atoms with van der Waals surface area (Å²) in [6.45, 7) is 21.3. The first kappa shape index (κ1) is 31.7. The van der Waals surface area contributed by atoms with Gasteiger partial charge in [-0.2, -0.15) is 0 Å². The fourth-order valence-corrected chi connectivity index (χ4v) is 4.62. The molecule has 1 aliphatic heterocycles. The molecule has 0 bridgehead atoms. The molecular formula is C32H46FN5O. The molecule has 0 radical (unpaired) electrons. The number of anilines is 1. The van der Waals surface area contributed by atoms with E-state index in [9.17, 15) is 9.18 Å². The van der Waals surface area contributed by atoms with Gasteiger partial charge in [0.25, 0.3) is 0 Å². The van der Waals surface area contributed by atoms with Gasteiger partial charge < -0.3 is 9.88 Å². The van der Waals surface area contributed by atoms with E-state index in [1.165, 1.54) is 17.7 Å². The average molecular weight is 536 g/mol. The highest BCUT2D eigenvalue weighted by Gasteiger charge is 2.25. The highest BCUT2D eigenvalue weighted by molar-refractivity contribution is 5.60. The quantitative estimate of drug-likeness (QED) is 0.313. The predicted molar refractivity (Wildman–Crippen MR) is 164 cm³/mol. The van der Waals surface area contributed by atoms with Crippen LogP contribution in [0.1, 0.15) is 96.8 Å². The number of allylic oxidation sites excluding steroid dienone is 7. The molecule has 0 saturated carbocycles. The molecule has 2 aromatic heterocycles. The number of nitrogens with one attached hydrogen (secondary N) is 1. The maximum atomic E-state index is 12.7. The lowest BCUT2D eigenvalue weighted by molar-refractivity contribution is 0.385. The molecule has 0 spiro atoms. The fourth-order valence-electron chi connectivity index (χ4n) is 4.62. The molecule has 0 aliphatic carbocycles. The van der Waals surface area contributed by atoms with Crippen molar-refractivity contribution < 1.29 is 4.39 Å². The zero-order chi connectivity index (χ0) is 28.9. The van der Waals surface area contributed by atoms with Crippen LogP contribution in [-0.4, -0.2) is 32.6 Å². The number of imidazole rings is 1. The van der Waals surface area contributed by atoms with E-state index in [-0.39, 0.29) is 17.6 Å². The van der Waals surface area contributed by atoms with Gasteiger partial charge >= 0.3 is 5.69 Å². The number of nitrogens with zero attached hydrogens (tertiary/aromatic N) is 4. The van der Waals surface area contributed by atoms with Crippen molar-refractivity contribution in [1.82, 2.24) is 19.5 Å². The van der Waals surface area contributed by atoms with Crippen LogP contribution in [0.25, 0.3) is 11.6 Å². The lowest BCUT2D eigenvalue weighted by Gasteiger charge is -2.33. The highest BCUT2D eigenvalue weighted by Crippen LogP contribution is 2.27.